The molecule has 1 aliphatic heterocycles. The SMILES string of the molecule is Cc1ccc(C)c(C(=O)Nc2sc3c(c2C(N)=O)CCN(C(C)C)C3)c1. The topological polar surface area (TPSA) is 75.4 Å². The van der Waals surface area contributed by atoms with Crippen molar-refractivity contribution in [2.24, 2.45) is 5.73 Å². The number of rotatable bonds is 4. The van der Waals surface area contributed by atoms with E-state index in [1.165, 1.54) is 11.3 Å². The normalized spacial score (nSPS) is 14.3. The van der Waals surface area contributed by atoms with Gasteiger partial charge in [0.25, 0.3) is 11.8 Å². The maximum atomic E-state index is 12.8. The van der Waals surface area contributed by atoms with Gasteiger partial charge in [0.15, 0.2) is 0 Å². The standard InChI is InChI=1S/C20H25N3O2S/c1-11(2)23-8-7-14-16(10-23)26-20(17(14)18(21)24)22-19(25)15-9-12(3)5-6-13(15)4/h5-6,9,11H,7-8,10H2,1-4H3,(H2,21,24)(H,22,25). The van der Waals surface area contributed by atoms with Crippen molar-refractivity contribution in [3.8, 4) is 0 Å². The Balaban J connectivity index is 1.94. The summed E-state index contributed by atoms with van der Waals surface area (Å²) in [5, 5.41) is 3.51. The molecule has 0 saturated carbocycles. The first-order chi connectivity index (χ1) is 12.3. The Kier molecular flexibility index (Phi) is 5.16. The molecule has 2 amide bonds. The number of fused-ring (bicyclic) bond motifs is 1. The van der Waals surface area contributed by atoms with Gasteiger partial charge in [0.2, 0.25) is 0 Å². The summed E-state index contributed by atoms with van der Waals surface area (Å²) in [5.74, 6) is -0.676. The minimum atomic E-state index is -0.475. The Bertz CT molecular complexity index is 870. The van der Waals surface area contributed by atoms with Crippen molar-refractivity contribution < 1.29 is 9.59 Å². The van der Waals surface area contributed by atoms with Crippen molar-refractivity contribution >= 4 is 28.2 Å². The zero-order valence-corrected chi connectivity index (χ0v) is 16.5. The quantitative estimate of drug-likeness (QED) is 0.864. The summed E-state index contributed by atoms with van der Waals surface area (Å²) in [6.45, 7) is 9.87. The van der Waals surface area contributed by atoms with Crippen LogP contribution in [0, 0.1) is 13.8 Å². The molecule has 0 unspecified atom stereocenters. The van der Waals surface area contributed by atoms with Crippen LogP contribution < -0.4 is 11.1 Å². The van der Waals surface area contributed by atoms with Crippen molar-refractivity contribution in [1.82, 2.24) is 4.90 Å². The maximum absolute atomic E-state index is 12.8. The third-order valence-corrected chi connectivity index (χ3v) is 6.06. The second-order valence-electron chi connectivity index (χ2n) is 7.16. The van der Waals surface area contributed by atoms with Crippen LogP contribution >= 0.6 is 11.3 Å². The van der Waals surface area contributed by atoms with Gasteiger partial charge < -0.3 is 11.1 Å². The summed E-state index contributed by atoms with van der Waals surface area (Å²) in [4.78, 5) is 28.3. The van der Waals surface area contributed by atoms with Crippen LogP contribution in [0.2, 0.25) is 0 Å². The molecular weight excluding hydrogens is 346 g/mol. The van der Waals surface area contributed by atoms with E-state index in [-0.39, 0.29) is 5.91 Å². The van der Waals surface area contributed by atoms with Gasteiger partial charge in [0, 0.05) is 29.6 Å². The number of carbonyl (C=O) groups is 2. The molecule has 26 heavy (non-hydrogen) atoms. The molecule has 6 heteroatoms. The number of primary amides is 1. The molecule has 0 atom stereocenters. The van der Waals surface area contributed by atoms with Crippen LogP contribution in [0.15, 0.2) is 18.2 Å². The fraction of sp³-hybridized carbons (Fsp3) is 0.400. The number of aryl methyl sites for hydroxylation is 2. The summed E-state index contributed by atoms with van der Waals surface area (Å²) < 4.78 is 0. The van der Waals surface area contributed by atoms with Crippen LogP contribution in [0.25, 0.3) is 0 Å². The number of hydrogen-bond donors (Lipinski definition) is 2. The first-order valence-electron chi connectivity index (χ1n) is 8.85. The maximum Gasteiger partial charge on any atom is 0.256 e. The van der Waals surface area contributed by atoms with Gasteiger partial charge in [-0.05, 0) is 51.3 Å². The van der Waals surface area contributed by atoms with Crippen molar-refractivity contribution in [3.63, 3.8) is 0 Å². The first-order valence-corrected chi connectivity index (χ1v) is 9.66. The van der Waals surface area contributed by atoms with Crippen LogP contribution in [0.4, 0.5) is 5.00 Å². The molecule has 1 aliphatic rings. The second-order valence-corrected chi connectivity index (χ2v) is 8.26. The largest absolute Gasteiger partial charge is 0.365 e. The molecule has 0 aliphatic carbocycles. The number of nitrogens with two attached hydrogens (primary N) is 1. The monoisotopic (exact) mass is 371 g/mol. The lowest BCUT2D eigenvalue weighted by Crippen LogP contribution is -2.35. The average Bonchev–Trinajstić information content (AvgIpc) is 2.93. The zero-order valence-electron chi connectivity index (χ0n) is 15.7. The van der Waals surface area contributed by atoms with Gasteiger partial charge in [-0.3, -0.25) is 14.5 Å². The van der Waals surface area contributed by atoms with E-state index >= 15 is 0 Å². The summed E-state index contributed by atoms with van der Waals surface area (Å²) in [5.41, 5.74) is 9.67. The smallest absolute Gasteiger partial charge is 0.256 e. The minimum Gasteiger partial charge on any atom is -0.365 e. The van der Waals surface area contributed by atoms with Gasteiger partial charge in [0.05, 0.1) is 5.56 Å². The molecule has 3 N–H and O–H groups in total. The van der Waals surface area contributed by atoms with Gasteiger partial charge in [-0.25, -0.2) is 0 Å². The number of amides is 2. The zero-order chi connectivity index (χ0) is 19.0. The van der Waals surface area contributed by atoms with E-state index in [0.717, 1.165) is 41.1 Å². The van der Waals surface area contributed by atoms with E-state index in [1.54, 1.807) is 0 Å². The molecule has 1 aromatic carbocycles. The molecule has 2 heterocycles. The molecule has 0 bridgehead atoms. The molecule has 0 saturated heterocycles. The second kappa shape index (κ2) is 7.21. The summed E-state index contributed by atoms with van der Waals surface area (Å²) in [7, 11) is 0. The van der Waals surface area contributed by atoms with Gasteiger partial charge in [-0.15, -0.1) is 11.3 Å². The lowest BCUT2D eigenvalue weighted by Gasteiger charge is -2.30. The molecule has 2 aromatic rings. The highest BCUT2D eigenvalue weighted by molar-refractivity contribution is 7.17. The predicted molar refractivity (Wildman–Crippen MR) is 106 cm³/mol. The van der Waals surface area contributed by atoms with Crippen LogP contribution in [0.5, 0.6) is 0 Å². The lowest BCUT2D eigenvalue weighted by atomic mass is 10.0. The minimum absolute atomic E-state index is 0.201. The highest BCUT2D eigenvalue weighted by Crippen LogP contribution is 2.37. The fourth-order valence-electron chi connectivity index (χ4n) is 3.36. The summed E-state index contributed by atoms with van der Waals surface area (Å²) in [6.07, 6.45) is 0.779. The number of nitrogens with zero attached hydrogens (tertiary/aromatic N) is 1. The molecule has 3 rings (SSSR count). The van der Waals surface area contributed by atoms with Crippen LogP contribution in [-0.4, -0.2) is 29.3 Å². The number of thiophene rings is 1. The third-order valence-electron chi connectivity index (χ3n) is 4.93. The molecule has 0 fully saturated rings. The van der Waals surface area contributed by atoms with Gasteiger partial charge in [-0.2, -0.15) is 0 Å². The van der Waals surface area contributed by atoms with Crippen LogP contribution in [0.1, 0.15) is 56.1 Å². The van der Waals surface area contributed by atoms with E-state index in [9.17, 15) is 9.59 Å². The Morgan fingerprint density at radius 2 is 2.00 bits per heavy atom. The highest BCUT2D eigenvalue weighted by Gasteiger charge is 2.28. The average molecular weight is 372 g/mol. The van der Waals surface area contributed by atoms with Crippen molar-refractivity contribution in [1.29, 1.82) is 0 Å². The van der Waals surface area contributed by atoms with E-state index in [1.807, 2.05) is 32.0 Å². The highest BCUT2D eigenvalue weighted by atomic mass is 32.1. The summed E-state index contributed by atoms with van der Waals surface area (Å²) in [6, 6.07) is 6.21. The molecule has 0 spiro atoms. The lowest BCUT2D eigenvalue weighted by molar-refractivity contribution is 0.0999. The Morgan fingerprint density at radius 1 is 1.27 bits per heavy atom. The summed E-state index contributed by atoms with van der Waals surface area (Å²) >= 11 is 1.47. The number of carbonyl (C=O) groups excluding carboxylic acids is 2. The predicted octanol–water partition coefficient (Wildman–Crippen LogP) is 3.48. The fourth-order valence-corrected chi connectivity index (χ4v) is 4.64. The molecule has 0 radical (unpaired) electrons. The van der Waals surface area contributed by atoms with E-state index in [4.69, 9.17) is 5.73 Å². The Hall–Kier alpha value is -2.18. The van der Waals surface area contributed by atoms with Crippen molar-refractivity contribution in [3.05, 3.63) is 50.9 Å². The molecular formula is C20H25N3O2S. The number of benzene rings is 1. The third kappa shape index (κ3) is 3.52. The van der Waals surface area contributed by atoms with Crippen molar-refractivity contribution in [2.75, 3.05) is 11.9 Å². The van der Waals surface area contributed by atoms with Gasteiger partial charge in [-0.1, -0.05) is 17.7 Å². The molecule has 5 nitrogen and oxygen atoms in total. The molecule has 138 valence electrons. The molecule has 1 aromatic heterocycles. The van der Waals surface area contributed by atoms with Gasteiger partial charge in [0.1, 0.15) is 5.00 Å². The Morgan fingerprint density at radius 3 is 2.65 bits per heavy atom. The Labute approximate surface area is 158 Å². The van der Waals surface area contributed by atoms with Crippen molar-refractivity contribution in [2.45, 2.75) is 46.7 Å². The van der Waals surface area contributed by atoms with Crippen LogP contribution in [-0.2, 0) is 13.0 Å². The number of nitrogens with one attached hydrogen (secondary N) is 1. The van der Waals surface area contributed by atoms with E-state index < -0.39 is 5.91 Å². The van der Waals surface area contributed by atoms with E-state index in [0.29, 0.717) is 22.2 Å². The number of anilines is 1. The first kappa shape index (κ1) is 18.6. The van der Waals surface area contributed by atoms with Gasteiger partial charge >= 0.3 is 0 Å². The number of hydrogen-bond acceptors (Lipinski definition) is 4. The van der Waals surface area contributed by atoms with Crippen LogP contribution in [0.3, 0.4) is 0 Å². The van der Waals surface area contributed by atoms with E-state index in [2.05, 4.69) is 24.1 Å².